The van der Waals surface area contributed by atoms with Crippen molar-refractivity contribution in [1.29, 1.82) is 0 Å². The zero-order valence-electron chi connectivity index (χ0n) is 25.3. The molecule has 0 spiro atoms. The molecule has 0 aliphatic carbocycles. The first-order valence-corrected chi connectivity index (χ1v) is 14.6. The van der Waals surface area contributed by atoms with Crippen LogP contribution in [0, 0.1) is 39.8 Å². The van der Waals surface area contributed by atoms with Crippen molar-refractivity contribution in [2.75, 3.05) is 0 Å². The van der Waals surface area contributed by atoms with E-state index in [2.05, 4.69) is 104 Å². The SMILES string of the molecule is Cc1c[c-]c(-c2cc(C)c(C)cn2)cc1.Cc1ccc(-c2[c-]ccc3c2oc2nc(CCc4ccccc4)ccc23)nc1.[Ir]. The molecule has 0 N–H and O–H groups in total. The normalized spacial score (nSPS) is 10.7. The van der Waals surface area contributed by atoms with Crippen molar-refractivity contribution in [2.24, 2.45) is 0 Å². The van der Waals surface area contributed by atoms with E-state index < -0.39 is 0 Å². The van der Waals surface area contributed by atoms with Crippen LogP contribution < -0.4 is 0 Å². The quantitative estimate of drug-likeness (QED) is 0.165. The summed E-state index contributed by atoms with van der Waals surface area (Å²) >= 11 is 0. The number of pyridine rings is 3. The largest absolute Gasteiger partial charge is 0.486 e. The summed E-state index contributed by atoms with van der Waals surface area (Å²) in [5.74, 6) is 0. The summed E-state index contributed by atoms with van der Waals surface area (Å²) in [7, 11) is 0. The first-order valence-electron chi connectivity index (χ1n) is 14.6. The molecule has 7 aromatic rings. The van der Waals surface area contributed by atoms with Crippen LogP contribution in [-0.2, 0) is 32.9 Å². The van der Waals surface area contributed by atoms with E-state index in [0.29, 0.717) is 5.71 Å². The molecule has 0 atom stereocenters. The Morgan fingerprint density at radius 1 is 0.682 bits per heavy atom. The van der Waals surface area contributed by atoms with Gasteiger partial charge in [-0.05, 0) is 73.8 Å². The Bertz CT molecular complexity index is 2000. The molecule has 3 aromatic carbocycles. The van der Waals surface area contributed by atoms with Crippen molar-refractivity contribution >= 4 is 22.1 Å². The number of hydrogen-bond donors (Lipinski definition) is 0. The van der Waals surface area contributed by atoms with E-state index in [1.165, 1.54) is 22.3 Å². The molecule has 7 rings (SSSR count). The van der Waals surface area contributed by atoms with Crippen LogP contribution in [0.25, 0.3) is 44.6 Å². The smallest absolute Gasteiger partial charge is 0.216 e. The van der Waals surface area contributed by atoms with Crippen molar-refractivity contribution in [3.63, 3.8) is 0 Å². The molecule has 44 heavy (non-hydrogen) atoms. The van der Waals surface area contributed by atoms with Gasteiger partial charge in [0.05, 0.1) is 5.58 Å². The Morgan fingerprint density at radius 2 is 1.48 bits per heavy atom. The van der Waals surface area contributed by atoms with E-state index in [1.807, 2.05) is 49.6 Å². The zero-order valence-corrected chi connectivity index (χ0v) is 27.7. The van der Waals surface area contributed by atoms with E-state index in [-0.39, 0.29) is 20.1 Å². The van der Waals surface area contributed by atoms with Gasteiger partial charge in [0, 0.05) is 43.6 Å². The van der Waals surface area contributed by atoms with E-state index in [1.54, 1.807) is 0 Å². The third-order valence-electron chi connectivity index (χ3n) is 7.65. The molecule has 4 heterocycles. The summed E-state index contributed by atoms with van der Waals surface area (Å²) in [6.07, 6.45) is 5.63. The van der Waals surface area contributed by atoms with Crippen LogP contribution in [0.4, 0.5) is 0 Å². The van der Waals surface area contributed by atoms with Crippen LogP contribution in [0.15, 0.2) is 108 Å². The van der Waals surface area contributed by atoms with Crippen molar-refractivity contribution in [2.45, 2.75) is 40.5 Å². The molecular formula is C39H33IrN3O-2. The topological polar surface area (TPSA) is 51.8 Å². The number of fused-ring (bicyclic) bond motifs is 3. The second kappa shape index (κ2) is 13.9. The number of rotatable bonds is 5. The van der Waals surface area contributed by atoms with Gasteiger partial charge in [-0.15, -0.1) is 53.6 Å². The summed E-state index contributed by atoms with van der Waals surface area (Å²) in [5.41, 5.74) is 12.5. The predicted octanol–water partition coefficient (Wildman–Crippen LogP) is 9.41. The molecular weight excluding hydrogens is 719 g/mol. The fourth-order valence-corrected chi connectivity index (χ4v) is 4.96. The Balaban J connectivity index is 0.000000204. The second-order valence-corrected chi connectivity index (χ2v) is 11.0. The van der Waals surface area contributed by atoms with Gasteiger partial charge in [0.2, 0.25) is 5.71 Å². The van der Waals surface area contributed by atoms with Gasteiger partial charge >= 0.3 is 0 Å². The van der Waals surface area contributed by atoms with Gasteiger partial charge in [0.25, 0.3) is 0 Å². The Kier molecular flexibility index (Phi) is 9.79. The summed E-state index contributed by atoms with van der Waals surface area (Å²) in [4.78, 5) is 13.7. The zero-order chi connectivity index (χ0) is 29.8. The molecule has 0 aliphatic heterocycles. The number of hydrogen-bond acceptors (Lipinski definition) is 4. The van der Waals surface area contributed by atoms with Gasteiger partial charge in [-0.25, -0.2) is 4.98 Å². The minimum absolute atomic E-state index is 0. The summed E-state index contributed by atoms with van der Waals surface area (Å²) in [6, 6.07) is 37.5. The maximum Gasteiger partial charge on any atom is 0.216 e. The number of furan rings is 1. The maximum atomic E-state index is 6.18. The molecule has 4 nitrogen and oxygen atoms in total. The minimum Gasteiger partial charge on any atom is -0.486 e. The van der Waals surface area contributed by atoms with Crippen LogP contribution in [0.3, 0.4) is 0 Å². The van der Waals surface area contributed by atoms with Crippen molar-refractivity contribution < 1.29 is 24.5 Å². The molecule has 0 bridgehead atoms. The second-order valence-electron chi connectivity index (χ2n) is 11.0. The number of benzene rings is 3. The molecule has 1 radical (unpaired) electrons. The molecule has 0 saturated carbocycles. The minimum atomic E-state index is 0. The van der Waals surface area contributed by atoms with E-state index >= 15 is 0 Å². The van der Waals surface area contributed by atoms with Gasteiger partial charge in [-0.1, -0.05) is 72.0 Å². The fourth-order valence-electron chi connectivity index (χ4n) is 4.96. The number of nitrogens with zero attached hydrogens (tertiary/aromatic N) is 3. The van der Waals surface area contributed by atoms with Crippen LogP contribution in [-0.4, -0.2) is 15.0 Å². The van der Waals surface area contributed by atoms with Gasteiger partial charge in [0.15, 0.2) is 0 Å². The van der Waals surface area contributed by atoms with E-state index in [0.717, 1.165) is 63.0 Å². The fraction of sp³-hybridized carbons (Fsp3) is 0.154. The van der Waals surface area contributed by atoms with Crippen molar-refractivity contribution in [3.8, 4) is 22.5 Å². The van der Waals surface area contributed by atoms with Gasteiger partial charge in [-0.3, -0.25) is 0 Å². The molecule has 0 aliphatic rings. The first kappa shape index (κ1) is 31.0. The molecule has 4 aromatic heterocycles. The van der Waals surface area contributed by atoms with Crippen LogP contribution in [0.5, 0.6) is 0 Å². The average molecular weight is 752 g/mol. The van der Waals surface area contributed by atoms with E-state index in [4.69, 9.17) is 9.40 Å². The number of aromatic nitrogens is 3. The van der Waals surface area contributed by atoms with E-state index in [9.17, 15) is 0 Å². The Morgan fingerprint density at radius 3 is 2.20 bits per heavy atom. The molecule has 0 fully saturated rings. The standard InChI is InChI=1S/C25H19N2O.C14H14N.Ir/c1-17-10-15-23(26-16-17)22-9-5-8-20-21-14-13-19(27-25(21)28-24(20)22)12-11-18-6-3-2-4-7-18;1-10-4-6-13(7-5-10)14-8-11(2)12(3)9-15-14;/h2-8,10,13-16H,11-12H2,1H3;4-6,8-9H,1-3H3;/q2*-1;. The third kappa shape index (κ3) is 7.02. The van der Waals surface area contributed by atoms with Crippen LogP contribution in [0.1, 0.15) is 33.5 Å². The molecule has 221 valence electrons. The number of aryl methyl sites for hydroxylation is 6. The van der Waals surface area contributed by atoms with Crippen molar-refractivity contribution in [3.05, 3.63) is 149 Å². The monoisotopic (exact) mass is 752 g/mol. The van der Waals surface area contributed by atoms with Crippen LogP contribution >= 0.6 is 0 Å². The predicted molar refractivity (Wildman–Crippen MR) is 175 cm³/mol. The Hall–Kier alpha value is -4.44. The maximum absolute atomic E-state index is 6.18. The Labute approximate surface area is 272 Å². The summed E-state index contributed by atoms with van der Waals surface area (Å²) in [6.45, 7) is 8.27. The van der Waals surface area contributed by atoms with Crippen LogP contribution in [0.2, 0.25) is 0 Å². The molecule has 0 unspecified atom stereocenters. The molecule has 0 saturated heterocycles. The summed E-state index contributed by atoms with van der Waals surface area (Å²) in [5, 5.41) is 2.08. The molecule has 5 heteroatoms. The molecule has 0 amide bonds. The average Bonchev–Trinajstić information content (AvgIpc) is 3.41. The van der Waals surface area contributed by atoms with Gasteiger partial charge < -0.3 is 14.4 Å². The third-order valence-corrected chi connectivity index (χ3v) is 7.65. The van der Waals surface area contributed by atoms with Gasteiger partial charge in [-0.2, -0.15) is 0 Å². The first-order chi connectivity index (χ1) is 20.9. The van der Waals surface area contributed by atoms with Gasteiger partial charge in [0.1, 0.15) is 0 Å². The van der Waals surface area contributed by atoms with Crippen molar-refractivity contribution in [1.82, 2.24) is 15.0 Å². The summed E-state index contributed by atoms with van der Waals surface area (Å²) < 4.78 is 6.18.